The van der Waals surface area contributed by atoms with Crippen molar-refractivity contribution in [2.75, 3.05) is 51.3 Å². The molecule has 3 rings (SSSR count). The summed E-state index contributed by atoms with van der Waals surface area (Å²) in [5.74, 6) is -0.305. The molecule has 0 atom stereocenters. The lowest BCUT2D eigenvalue weighted by Gasteiger charge is -2.24. The van der Waals surface area contributed by atoms with E-state index in [0.29, 0.717) is 12.2 Å². The fraction of sp³-hybridized carbons (Fsp3) is 0.444. The molecule has 6 heteroatoms. The van der Waals surface area contributed by atoms with Gasteiger partial charge >= 0.3 is 5.97 Å². The van der Waals surface area contributed by atoms with Gasteiger partial charge in [0.2, 0.25) is 5.52 Å². The molecule has 1 fully saturated rings. The Kier molecular flexibility index (Phi) is 5.61. The van der Waals surface area contributed by atoms with Gasteiger partial charge in [-0.25, -0.2) is 9.78 Å². The van der Waals surface area contributed by atoms with E-state index >= 15 is 0 Å². The number of hydrogen-bond acceptors (Lipinski definition) is 4. The van der Waals surface area contributed by atoms with Crippen molar-refractivity contribution < 1.29 is 24.2 Å². The van der Waals surface area contributed by atoms with Crippen molar-refractivity contribution in [3.8, 4) is 0 Å². The van der Waals surface area contributed by atoms with Gasteiger partial charge in [0.25, 0.3) is 0 Å². The number of pyridine rings is 1. The molecular weight excluding hydrogens is 306 g/mol. The zero-order valence-electron chi connectivity index (χ0n) is 14.1. The maximum absolute atomic E-state index is 12.3. The van der Waals surface area contributed by atoms with Crippen molar-refractivity contribution in [3.05, 3.63) is 36.0 Å². The van der Waals surface area contributed by atoms with E-state index in [4.69, 9.17) is 9.47 Å². The van der Waals surface area contributed by atoms with Gasteiger partial charge in [-0.15, -0.1) is 0 Å². The smallest absolute Gasteiger partial charge is 0.346 e. The molecule has 0 amide bonds. The van der Waals surface area contributed by atoms with Crippen molar-refractivity contribution >= 4 is 22.6 Å². The number of nitrogens with one attached hydrogen (secondary N) is 3. The van der Waals surface area contributed by atoms with Crippen molar-refractivity contribution in [2.24, 2.45) is 0 Å². The summed E-state index contributed by atoms with van der Waals surface area (Å²) in [5, 5.41) is 4.46. The molecule has 3 N–H and O–H groups in total. The van der Waals surface area contributed by atoms with Crippen molar-refractivity contribution in [1.29, 1.82) is 0 Å². The van der Waals surface area contributed by atoms with Crippen LogP contribution in [-0.2, 0) is 9.47 Å². The first-order valence-corrected chi connectivity index (χ1v) is 8.55. The number of carbonyl (C=O) groups excluding carboxylic acids is 1. The van der Waals surface area contributed by atoms with Crippen LogP contribution in [0.4, 0.5) is 5.69 Å². The zero-order valence-corrected chi connectivity index (χ0v) is 14.1. The highest BCUT2D eigenvalue weighted by molar-refractivity contribution is 6.03. The van der Waals surface area contributed by atoms with Crippen LogP contribution in [0.1, 0.15) is 17.3 Å². The average Bonchev–Trinajstić information content (AvgIpc) is 2.63. The lowest BCUT2D eigenvalue weighted by molar-refractivity contribution is -0.906. The van der Waals surface area contributed by atoms with Crippen LogP contribution in [0, 0.1) is 0 Å². The quantitative estimate of drug-likeness (QED) is 0.740. The lowest BCUT2D eigenvalue weighted by atomic mass is 10.1. The first-order chi connectivity index (χ1) is 11.8. The Morgan fingerprint density at radius 3 is 2.92 bits per heavy atom. The second-order valence-corrected chi connectivity index (χ2v) is 5.88. The minimum Gasteiger partial charge on any atom is -0.462 e. The molecule has 6 nitrogen and oxygen atoms in total. The SMILES string of the molecule is CCOC(=O)c1c[nH+]c2ccccc2c1NCC[NH+]1CCOCC1. The van der Waals surface area contributed by atoms with E-state index < -0.39 is 0 Å². The second-order valence-electron chi connectivity index (χ2n) is 5.88. The monoisotopic (exact) mass is 331 g/mol. The number of para-hydroxylation sites is 1. The Morgan fingerprint density at radius 1 is 1.33 bits per heavy atom. The van der Waals surface area contributed by atoms with Gasteiger partial charge in [-0.3, -0.25) is 0 Å². The van der Waals surface area contributed by atoms with Gasteiger partial charge in [-0.05, 0) is 13.0 Å². The third-order valence-electron chi connectivity index (χ3n) is 4.31. The molecule has 128 valence electrons. The standard InChI is InChI=1S/C18H23N3O3/c1-2-24-18(22)15-13-20-16-6-4-3-5-14(16)17(15)19-7-8-21-9-11-23-12-10-21/h3-6,13H,2,7-12H2,1H3,(H,19,20)/p+2. The predicted octanol–water partition coefficient (Wildman–Crippen LogP) is 0.158. The third-order valence-corrected chi connectivity index (χ3v) is 4.31. The number of aromatic nitrogens is 1. The summed E-state index contributed by atoms with van der Waals surface area (Å²) in [5.41, 5.74) is 2.38. The van der Waals surface area contributed by atoms with Crippen LogP contribution in [0.15, 0.2) is 30.5 Å². The van der Waals surface area contributed by atoms with E-state index in [1.54, 1.807) is 6.20 Å². The predicted molar refractivity (Wildman–Crippen MR) is 91.3 cm³/mol. The van der Waals surface area contributed by atoms with Crippen LogP contribution in [0.3, 0.4) is 0 Å². The normalized spacial score (nSPS) is 15.4. The van der Waals surface area contributed by atoms with Gasteiger partial charge in [-0.2, -0.15) is 0 Å². The summed E-state index contributed by atoms with van der Waals surface area (Å²) < 4.78 is 10.6. The molecule has 2 aromatic rings. The number of ether oxygens (including phenoxy) is 2. The van der Waals surface area contributed by atoms with Crippen molar-refractivity contribution in [3.63, 3.8) is 0 Å². The Labute approximate surface area is 141 Å². The molecule has 0 radical (unpaired) electrons. The summed E-state index contributed by atoms with van der Waals surface area (Å²) in [6, 6.07) is 7.97. The molecule has 2 heterocycles. The number of esters is 1. The molecule has 1 aromatic carbocycles. The lowest BCUT2D eigenvalue weighted by Crippen LogP contribution is -3.14. The molecule has 0 saturated carbocycles. The summed E-state index contributed by atoms with van der Waals surface area (Å²) in [6.07, 6.45) is 1.73. The number of benzene rings is 1. The number of quaternary nitrogens is 1. The summed E-state index contributed by atoms with van der Waals surface area (Å²) in [4.78, 5) is 17.0. The first-order valence-electron chi connectivity index (χ1n) is 8.55. The summed E-state index contributed by atoms with van der Waals surface area (Å²) in [6.45, 7) is 7.71. The minimum atomic E-state index is -0.305. The largest absolute Gasteiger partial charge is 0.462 e. The highest BCUT2D eigenvalue weighted by atomic mass is 16.5. The van der Waals surface area contributed by atoms with E-state index in [1.165, 1.54) is 4.90 Å². The Hall–Kier alpha value is -2.18. The van der Waals surface area contributed by atoms with Crippen LogP contribution in [0.25, 0.3) is 10.9 Å². The number of anilines is 1. The Morgan fingerprint density at radius 2 is 2.12 bits per heavy atom. The van der Waals surface area contributed by atoms with E-state index in [-0.39, 0.29) is 5.97 Å². The van der Waals surface area contributed by atoms with Gasteiger partial charge in [0.1, 0.15) is 18.7 Å². The highest BCUT2D eigenvalue weighted by Gasteiger charge is 2.20. The third kappa shape index (κ3) is 3.83. The number of hydrogen-bond donors (Lipinski definition) is 2. The summed E-state index contributed by atoms with van der Waals surface area (Å²) >= 11 is 0. The van der Waals surface area contributed by atoms with Gasteiger partial charge in [0.15, 0.2) is 6.20 Å². The van der Waals surface area contributed by atoms with E-state index in [0.717, 1.165) is 56.0 Å². The molecule has 1 saturated heterocycles. The van der Waals surface area contributed by atoms with Crippen LogP contribution in [0.2, 0.25) is 0 Å². The van der Waals surface area contributed by atoms with E-state index in [1.807, 2.05) is 31.2 Å². The first kappa shape index (κ1) is 16.7. The van der Waals surface area contributed by atoms with E-state index in [2.05, 4.69) is 10.3 Å². The molecule has 1 aliphatic heterocycles. The zero-order chi connectivity index (χ0) is 16.8. The van der Waals surface area contributed by atoms with Gasteiger partial charge in [-0.1, -0.05) is 12.1 Å². The topological polar surface area (TPSA) is 66.1 Å². The Bertz CT molecular complexity index is 699. The number of morpholine rings is 1. The molecule has 0 bridgehead atoms. The summed E-state index contributed by atoms with van der Waals surface area (Å²) in [7, 11) is 0. The maximum atomic E-state index is 12.3. The van der Waals surface area contributed by atoms with E-state index in [9.17, 15) is 4.79 Å². The number of fused-ring (bicyclic) bond motifs is 1. The van der Waals surface area contributed by atoms with Crippen LogP contribution >= 0.6 is 0 Å². The average molecular weight is 331 g/mol. The van der Waals surface area contributed by atoms with Gasteiger partial charge in [0.05, 0.1) is 44.0 Å². The molecular formula is C18H25N3O3+2. The number of rotatable bonds is 6. The minimum absolute atomic E-state index is 0.305. The maximum Gasteiger partial charge on any atom is 0.346 e. The molecule has 0 aliphatic carbocycles. The fourth-order valence-electron chi connectivity index (χ4n) is 3.03. The Balaban J connectivity index is 1.80. The van der Waals surface area contributed by atoms with Gasteiger partial charge in [0, 0.05) is 6.07 Å². The molecule has 0 spiro atoms. The van der Waals surface area contributed by atoms with Crippen LogP contribution < -0.4 is 15.2 Å². The van der Waals surface area contributed by atoms with Crippen LogP contribution in [-0.4, -0.2) is 52.0 Å². The molecule has 1 aliphatic rings. The van der Waals surface area contributed by atoms with Crippen molar-refractivity contribution in [1.82, 2.24) is 0 Å². The van der Waals surface area contributed by atoms with Gasteiger partial charge < -0.3 is 19.7 Å². The number of H-pyrrole nitrogens is 1. The highest BCUT2D eigenvalue weighted by Crippen LogP contribution is 2.24. The van der Waals surface area contributed by atoms with Crippen molar-refractivity contribution in [2.45, 2.75) is 6.92 Å². The molecule has 0 unspecified atom stereocenters. The number of carbonyl (C=O) groups is 1. The molecule has 1 aromatic heterocycles. The van der Waals surface area contributed by atoms with Crippen LogP contribution in [0.5, 0.6) is 0 Å². The number of aromatic amines is 1. The second kappa shape index (κ2) is 8.08. The molecule has 24 heavy (non-hydrogen) atoms. The fourth-order valence-corrected chi connectivity index (χ4v) is 3.03.